The van der Waals surface area contributed by atoms with Crippen LogP contribution in [0.25, 0.3) is 0 Å². The van der Waals surface area contributed by atoms with Gasteiger partial charge in [0.05, 0.1) is 0 Å². The predicted molar refractivity (Wildman–Crippen MR) is 70.5 cm³/mol. The molecule has 3 N–H and O–H groups in total. The molecule has 0 bridgehead atoms. The van der Waals surface area contributed by atoms with E-state index < -0.39 is 5.41 Å². The summed E-state index contributed by atoms with van der Waals surface area (Å²) < 4.78 is 0. The van der Waals surface area contributed by atoms with E-state index in [4.69, 9.17) is 10.9 Å². The van der Waals surface area contributed by atoms with Gasteiger partial charge in [0.2, 0.25) is 5.91 Å². The normalized spacial score (nSPS) is 22.9. The molecule has 1 heterocycles. The van der Waals surface area contributed by atoms with Gasteiger partial charge in [-0.3, -0.25) is 4.79 Å². The van der Waals surface area contributed by atoms with Gasteiger partial charge in [0.25, 0.3) is 0 Å². The van der Waals surface area contributed by atoms with Crippen LogP contribution in [0.3, 0.4) is 0 Å². The number of oxime groups is 1. The molecule has 1 fully saturated rings. The first-order valence-corrected chi connectivity index (χ1v) is 6.24. The molecule has 1 amide bonds. The number of hydrogen-bond acceptors (Lipinski definition) is 4. The Morgan fingerprint density at radius 2 is 2.17 bits per heavy atom. The molecule has 0 aromatic carbocycles. The Balaban J connectivity index is 2.77. The number of carbonyl (C=O) groups is 1. The van der Waals surface area contributed by atoms with Crippen molar-refractivity contribution in [2.24, 2.45) is 16.3 Å². The van der Waals surface area contributed by atoms with Gasteiger partial charge in [-0.05, 0) is 40.3 Å². The lowest BCUT2D eigenvalue weighted by Gasteiger charge is -2.38. The van der Waals surface area contributed by atoms with Gasteiger partial charge in [0.15, 0.2) is 5.84 Å². The van der Waals surface area contributed by atoms with Crippen LogP contribution < -0.4 is 5.73 Å². The first-order chi connectivity index (χ1) is 8.30. The van der Waals surface area contributed by atoms with Crippen LogP contribution in [0.1, 0.15) is 26.7 Å². The molecule has 1 atom stereocenters. The zero-order valence-electron chi connectivity index (χ0n) is 11.7. The van der Waals surface area contributed by atoms with Crippen LogP contribution in [0.5, 0.6) is 0 Å². The summed E-state index contributed by atoms with van der Waals surface area (Å²) in [6, 6.07) is 0.196. The summed E-state index contributed by atoms with van der Waals surface area (Å²) in [7, 11) is 3.84. The molecule has 18 heavy (non-hydrogen) atoms. The molecule has 0 spiro atoms. The van der Waals surface area contributed by atoms with Gasteiger partial charge >= 0.3 is 0 Å². The van der Waals surface area contributed by atoms with E-state index >= 15 is 0 Å². The second kappa shape index (κ2) is 5.56. The summed E-state index contributed by atoms with van der Waals surface area (Å²) in [5, 5.41) is 11.7. The van der Waals surface area contributed by atoms with Crippen molar-refractivity contribution in [1.29, 1.82) is 0 Å². The minimum absolute atomic E-state index is 0.0523. The predicted octanol–water partition coefficient (Wildman–Crippen LogP) is 0.312. The van der Waals surface area contributed by atoms with E-state index in [0.29, 0.717) is 0 Å². The fourth-order valence-corrected chi connectivity index (χ4v) is 2.30. The van der Waals surface area contributed by atoms with Gasteiger partial charge in [-0.2, -0.15) is 0 Å². The summed E-state index contributed by atoms with van der Waals surface area (Å²) in [6.45, 7) is 5.29. The number of nitrogens with two attached hydrogens (primary N) is 1. The maximum Gasteiger partial charge on any atom is 0.235 e. The number of likely N-dealkylation sites (N-methyl/N-ethyl adjacent to an activating group) is 2. The molecular formula is C12H24N4O2. The summed E-state index contributed by atoms with van der Waals surface area (Å²) in [6.07, 6.45) is 2.08. The van der Waals surface area contributed by atoms with Crippen LogP contribution in [-0.4, -0.2) is 60.0 Å². The van der Waals surface area contributed by atoms with Gasteiger partial charge in [-0.25, -0.2) is 0 Å². The van der Waals surface area contributed by atoms with Crippen LogP contribution in [0.15, 0.2) is 5.16 Å². The number of carbonyl (C=O) groups excluding carboxylic acids is 1. The Bertz CT molecular complexity index is 341. The minimum Gasteiger partial charge on any atom is -0.409 e. The smallest absolute Gasteiger partial charge is 0.235 e. The van der Waals surface area contributed by atoms with E-state index in [9.17, 15) is 4.79 Å². The van der Waals surface area contributed by atoms with E-state index in [2.05, 4.69) is 17.1 Å². The van der Waals surface area contributed by atoms with Crippen molar-refractivity contribution in [3.63, 3.8) is 0 Å². The third kappa shape index (κ3) is 2.93. The third-order valence-electron chi connectivity index (χ3n) is 3.75. The fraction of sp³-hybridized carbons (Fsp3) is 0.833. The highest BCUT2D eigenvalue weighted by atomic mass is 16.4. The fourth-order valence-electron chi connectivity index (χ4n) is 2.30. The number of amidine groups is 1. The molecule has 0 saturated carbocycles. The quantitative estimate of drug-likeness (QED) is 0.329. The lowest BCUT2D eigenvalue weighted by Crippen LogP contribution is -2.53. The van der Waals surface area contributed by atoms with E-state index in [0.717, 1.165) is 25.9 Å². The number of nitrogens with zero attached hydrogens (tertiary/aromatic N) is 3. The number of likely N-dealkylation sites (tertiary alicyclic amines) is 1. The standard InChI is InChI=1S/C12H24N4O2/c1-12(2,10(13)14-18)11(17)16(4)9-6-5-7-15(3)8-9/h9,18H,5-8H2,1-4H3,(H2,13,14). The second-order valence-electron chi connectivity index (χ2n) is 5.58. The monoisotopic (exact) mass is 256 g/mol. The molecule has 0 aromatic rings. The Morgan fingerprint density at radius 1 is 1.56 bits per heavy atom. The molecule has 6 heteroatoms. The van der Waals surface area contributed by atoms with Crippen LogP contribution >= 0.6 is 0 Å². The van der Waals surface area contributed by atoms with Crippen molar-refractivity contribution in [2.75, 3.05) is 27.2 Å². The van der Waals surface area contributed by atoms with Crippen LogP contribution in [0.4, 0.5) is 0 Å². The molecule has 1 unspecified atom stereocenters. The maximum absolute atomic E-state index is 12.4. The zero-order chi connectivity index (χ0) is 13.9. The van der Waals surface area contributed by atoms with Crippen molar-refractivity contribution < 1.29 is 10.0 Å². The molecule has 6 nitrogen and oxygen atoms in total. The average molecular weight is 256 g/mol. The Kier molecular flexibility index (Phi) is 4.56. The van der Waals surface area contributed by atoms with Gasteiger partial charge < -0.3 is 20.7 Å². The Labute approximate surface area is 108 Å². The first-order valence-electron chi connectivity index (χ1n) is 6.24. The van der Waals surface area contributed by atoms with Crippen molar-refractivity contribution in [3.05, 3.63) is 0 Å². The van der Waals surface area contributed by atoms with Gasteiger partial charge in [-0.1, -0.05) is 5.16 Å². The molecular weight excluding hydrogens is 232 g/mol. The lowest BCUT2D eigenvalue weighted by molar-refractivity contribution is -0.138. The number of amides is 1. The average Bonchev–Trinajstić information content (AvgIpc) is 2.35. The highest BCUT2D eigenvalue weighted by Gasteiger charge is 2.38. The third-order valence-corrected chi connectivity index (χ3v) is 3.75. The summed E-state index contributed by atoms with van der Waals surface area (Å²) >= 11 is 0. The Morgan fingerprint density at radius 3 is 2.67 bits per heavy atom. The molecule has 1 saturated heterocycles. The number of rotatable bonds is 3. The molecule has 0 aromatic heterocycles. The molecule has 1 rings (SSSR count). The van der Waals surface area contributed by atoms with Crippen molar-refractivity contribution in [2.45, 2.75) is 32.7 Å². The van der Waals surface area contributed by atoms with Crippen LogP contribution in [-0.2, 0) is 4.79 Å². The first kappa shape index (κ1) is 14.8. The van der Waals surface area contributed by atoms with Crippen molar-refractivity contribution >= 4 is 11.7 Å². The molecule has 0 aliphatic carbocycles. The zero-order valence-corrected chi connectivity index (χ0v) is 11.7. The van der Waals surface area contributed by atoms with Gasteiger partial charge in [0.1, 0.15) is 5.41 Å². The van der Waals surface area contributed by atoms with Crippen LogP contribution in [0.2, 0.25) is 0 Å². The minimum atomic E-state index is -0.973. The van der Waals surface area contributed by atoms with E-state index in [1.165, 1.54) is 0 Å². The molecule has 0 radical (unpaired) electrons. The highest BCUT2D eigenvalue weighted by Crippen LogP contribution is 2.22. The van der Waals surface area contributed by atoms with Crippen molar-refractivity contribution in [1.82, 2.24) is 9.80 Å². The maximum atomic E-state index is 12.4. The lowest BCUT2D eigenvalue weighted by atomic mass is 9.89. The van der Waals surface area contributed by atoms with Gasteiger partial charge in [0, 0.05) is 19.6 Å². The SMILES string of the molecule is CN1CCCC(N(C)C(=O)C(C)(C)C(N)=NO)C1. The number of hydrogen-bond donors (Lipinski definition) is 2. The Hall–Kier alpha value is -1.30. The molecule has 104 valence electrons. The molecule has 1 aliphatic heterocycles. The van der Waals surface area contributed by atoms with Crippen LogP contribution in [0, 0.1) is 5.41 Å². The van der Waals surface area contributed by atoms with Crippen molar-refractivity contribution in [3.8, 4) is 0 Å². The van der Waals surface area contributed by atoms with Gasteiger partial charge in [-0.15, -0.1) is 0 Å². The van der Waals surface area contributed by atoms with E-state index in [1.807, 2.05) is 0 Å². The molecule has 1 aliphatic rings. The van der Waals surface area contributed by atoms with E-state index in [-0.39, 0.29) is 17.8 Å². The van der Waals surface area contributed by atoms with E-state index in [1.54, 1.807) is 25.8 Å². The topological polar surface area (TPSA) is 82.2 Å². The highest BCUT2D eigenvalue weighted by molar-refractivity contribution is 6.05. The largest absolute Gasteiger partial charge is 0.409 e. The summed E-state index contributed by atoms with van der Waals surface area (Å²) in [5.41, 5.74) is 4.62. The number of piperidine rings is 1. The summed E-state index contributed by atoms with van der Waals surface area (Å²) in [5.74, 6) is -0.165. The summed E-state index contributed by atoms with van der Waals surface area (Å²) in [4.78, 5) is 16.4. The second-order valence-corrected chi connectivity index (χ2v) is 5.58.